The van der Waals surface area contributed by atoms with E-state index in [0.717, 1.165) is 24.4 Å². The van der Waals surface area contributed by atoms with E-state index >= 15 is 0 Å². The highest BCUT2D eigenvalue weighted by molar-refractivity contribution is 7.99. The summed E-state index contributed by atoms with van der Waals surface area (Å²) in [5, 5.41) is 19.7. The molecule has 86 valence electrons. The summed E-state index contributed by atoms with van der Waals surface area (Å²) in [6.07, 6.45) is 1.95. The molecular formula is C9H10N2O4S. The summed E-state index contributed by atoms with van der Waals surface area (Å²) in [7, 11) is 0. The number of carboxylic acids is 1. The quantitative estimate of drug-likeness (QED) is 0.483. The van der Waals surface area contributed by atoms with Crippen molar-refractivity contribution >= 4 is 23.4 Å². The van der Waals surface area contributed by atoms with Gasteiger partial charge in [0.05, 0.1) is 10.5 Å². The van der Waals surface area contributed by atoms with Crippen molar-refractivity contribution in [2.24, 2.45) is 0 Å². The number of aromatic carboxylic acids is 1. The summed E-state index contributed by atoms with van der Waals surface area (Å²) in [4.78, 5) is 24.5. The molecule has 0 aliphatic carbocycles. The number of nitrogens with zero attached hydrogens (tertiary/aromatic N) is 2. The van der Waals surface area contributed by atoms with Crippen molar-refractivity contribution in [3.63, 3.8) is 0 Å². The second-order valence-corrected chi connectivity index (χ2v) is 4.04. The Balaban J connectivity index is 3.09. The average molecular weight is 242 g/mol. The topological polar surface area (TPSA) is 93.3 Å². The fourth-order valence-corrected chi connectivity index (χ4v) is 1.83. The van der Waals surface area contributed by atoms with Crippen molar-refractivity contribution in [3.8, 4) is 0 Å². The van der Waals surface area contributed by atoms with Gasteiger partial charge in [-0.1, -0.05) is 6.92 Å². The standard InChI is InChI=1S/C9H10N2O4S/c1-2-3-16-8-7(9(12)13)4-6(5-10-8)11(14)15/h4-5H,2-3H2,1H3,(H,12,13). The third kappa shape index (κ3) is 2.93. The second-order valence-electron chi connectivity index (χ2n) is 2.96. The number of aromatic nitrogens is 1. The van der Waals surface area contributed by atoms with Crippen LogP contribution in [0.1, 0.15) is 23.7 Å². The van der Waals surface area contributed by atoms with Gasteiger partial charge in [-0.3, -0.25) is 10.1 Å². The molecular weight excluding hydrogens is 232 g/mol. The molecule has 0 aromatic carbocycles. The Labute approximate surface area is 95.8 Å². The number of thioether (sulfide) groups is 1. The van der Waals surface area contributed by atoms with Gasteiger partial charge >= 0.3 is 5.97 Å². The molecule has 0 aliphatic rings. The number of hydrogen-bond acceptors (Lipinski definition) is 5. The number of pyridine rings is 1. The van der Waals surface area contributed by atoms with Gasteiger partial charge in [-0.2, -0.15) is 0 Å². The second kappa shape index (κ2) is 5.45. The molecule has 0 fully saturated rings. The van der Waals surface area contributed by atoms with Crippen LogP contribution < -0.4 is 0 Å². The minimum atomic E-state index is -1.20. The van der Waals surface area contributed by atoms with Crippen LogP contribution in [-0.4, -0.2) is 26.7 Å². The van der Waals surface area contributed by atoms with Crippen molar-refractivity contribution in [1.82, 2.24) is 4.98 Å². The lowest BCUT2D eigenvalue weighted by Crippen LogP contribution is -2.03. The smallest absolute Gasteiger partial charge is 0.338 e. The molecule has 7 heteroatoms. The van der Waals surface area contributed by atoms with Gasteiger partial charge in [0, 0.05) is 6.07 Å². The van der Waals surface area contributed by atoms with Crippen molar-refractivity contribution < 1.29 is 14.8 Å². The lowest BCUT2D eigenvalue weighted by molar-refractivity contribution is -0.385. The predicted molar refractivity (Wildman–Crippen MR) is 58.9 cm³/mol. The molecule has 0 saturated heterocycles. The molecule has 1 aromatic heterocycles. The SMILES string of the molecule is CCCSc1ncc([N+](=O)[O-])cc1C(=O)O. The van der Waals surface area contributed by atoms with Gasteiger partial charge in [-0.25, -0.2) is 9.78 Å². The van der Waals surface area contributed by atoms with E-state index in [-0.39, 0.29) is 11.3 Å². The van der Waals surface area contributed by atoms with Crippen molar-refractivity contribution in [2.75, 3.05) is 5.75 Å². The van der Waals surface area contributed by atoms with Gasteiger partial charge in [-0.05, 0) is 12.2 Å². The maximum absolute atomic E-state index is 10.9. The normalized spacial score (nSPS) is 10.1. The van der Waals surface area contributed by atoms with Crippen LogP contribution in [-0.2, 0) is 0 Å². The van der Waals surface area contributed by atoms with Crippen molar-refractivity contribution in [1.29, 1.82) is 0 Å². The summed E-state index contributed by atoms with van der Waals surface area (Å²) in [5.74, 6) is -0.472. The maximum atomic E-state index is 10.9. The minimum Gasteiger partial charge on any atom is -0.478 e. The van der Waals surface area contributed by atoms with Crippen LogP contribution in [0.15, 0.2) is 17.3 Å². The number of carboxylic acid groups (broad SMARTS) is 1. The molecule has 16 heavy (non-hydrogen) atoms. The first-order valence-electron chi connectivity index (χ1n) is 4.56. The zero-order chi connectivity index (χ0) is 12.1. The summed E-state index contributed by atoms with van der Waals surface area (Å²) in [6, 6.07) is 1.04. The molecule has 0 aliphatic heterocycles. The first-order chi connectivity index (χ1) is 7.56. The summed E-state index contributed by atoms with van der Waals surface area (Å²) < 4.78 is 0. The number of rotatable bonds is 5. The molecule has 0 amide bonds. The van der Waals surface area contributed by atoms with E-state index in [4.69, 9.17) is 5.11 Å². The van der Waals surface area contributed by atoms with E-state index in [9.17, 15) is 14.9 Å². The highest BCUT2D eigenvalue weighted by Gasteiger charge is 2.17. The number of nitro groups is 1. The molecule has 0 bridgehead atoms. The molecule has 1 heterocycles. The lowest BCUT2D eigenvalue weighted by Gasteiger charge is -2.03. The van der Waals surface area contributed by atoms with Crippen molar-refractivity contribution in [2.45, 2.75) is 18.4 Å². The van der Waals surface area contributed by atoms with Crippen LogP contribution >= 0.6 is 11.8 Å². The Kier molecular flexibility index (Phi) is 4.24. The molecule has 1 aromatic rings. The van der Waals surface area contributed by atoms with Gasteiger partial charge in [0.2, 0.25) is 0 Å². The van der Waals surface area contributed by atoms with Crippen LogP contribution in [0.4, 0.5) is 5.69 Å². The molecule has 1 N–H and O–H groups in total. The Morgan fingerprint density at radius 2 is 2.38 bits per heavy atom. The van der Waals surface area contributed by atoms with Crippen molar-refractivity contribution in [3.05, 3.63) is 27.9 Å². The van der Waals surface area contributed by atoms with E-state index < -0.39 is 10.9 Å². The summed E-state index contributed by atoms with van der Waals surface area (Å²) >= 11 is 1.28. The van der Waals surface area contributed by atoms with E-state index in [1.165, 1.54) is 11.8 Å². The first-order valence-corrected chi connectivity index (χ1v) is 5.55. The minimum absolute atomic E-state index is 0.118. The average Bonchev–Trinajstić information content (AvgIpc) is 2.25. The Morgan fingerprint density at radius 1 is 1.69 bits per heavy atom. The fourth-order valence-electron chi connectivity index (χ4n) is 1.01. The predicted octanol–water partition coefficient (Wildman–Crippen LogP) is 2.19. The van der Waals surface area contributed by atoms with Crippen LogP contribution in [0.5, 0.6) is 0 Å². The molecule has 0 atom stereocenters. The van der Waals surface area contributed by atoms with Crippen LogP contribution in [0.3, 0.4) is 0 Å². The highest BCUT2D eigenvalue weighted by Crippen LogP contribution is 2.24. The van der Waals surface area contributed by atoms with E-state index in [0.29, 0.717) is 5.03 Å². The lowest BCUT2D eigenvalue weighted by atomic mass is 10.3. The molecule has 1 rings (SSSR count). The van der Waals surface area contributed by atoms with Crippen LogP contribution in [0.2, 0.25) is 0 Å². The zero-order valence-electron chi connectivity index (χ0n) is 8.54. The first kappa shape index (κ1) is 12.4. The van der Waals surface area contributed by atoms with E-state index in [1.807, 2.05) is 6.92 Å². The molecule has 0 radical (unpaired) electrons. The fraction of sp³-hybridized carbons (Fsp3) is 0.333. The third-order valence-electron chi connectivity index (χ3n) is 1.72. The molecule has 0 saturated carbocycles. The maximum Gasteiger partial charge on any atom is 0.338 e. The van der Waals surface area contributed by atoms with Gasteiger partial charge < -0.3 is 5.11 Å². The molecule has 0 spiro atoms. The summed E-state index contributed by atoms with van der Waals surface area (Å²) in [5.41, 5.74) is -0.425. The molecule has 6 nitrogen and oxygen atoms in total. The Bertz CT molecular complexity index is 422. The number of carbonyl (C=O) groups is 1. The highest BCUT2D eigenvalue weighted by atomic mass is 32.2. The number of hydrogen-bond donors (Lipinski definition) is 1. The van der Waals surface area contributed by atoms with Gasteiger partial charge in [0.1, 0.15) is 11.2 Å². The Morgan fingerprint density at radius 3 is 2.88 bits per heavy atom. The Hall–Kier alpha value is -1.63. The summed E-state index contributed by atoms with van der Waals surface area (Å²) in [6.45, 7) is 1.96. The van der Waals surface area contributed by atoms with E-state index in [2.05, 4.69) is 4.98 Å². The largest absolute Gasteiger partial charge is 0.478 e. The van der Waals surface area contributed by atoms with Gasteiger partial charge in [0.15, 0.2) is 0 Å². The molecule has 0 unspecified atom stereocenters. The van der Waals surface area contributed by atoms with Crippen LogP contribution in [0.25, 0.3) is 0 Å². The van der Waals surface area contributed by atoms with Gasteiger partial charge in [-0.15, -0.1) is 11.8 Å². The van der Waals surface area contributed by atoms with Gasteiger partial charge in [0.25, 0.3) is 5.69 Å². The third-order valence-corrected chi connectivity index (χ3v) is 2.93. The zero-order valence-corrected chi connectivity index (χ0v) is 9.36. The van der Waals surface area contributed by atoms with Crippen LogP contribution in [0, 0.1) is 10.1 Å². The monoisotopic (exact) mass is 242 g/mol. The van der Waals surface area contributed by atoms with E-state index in [1.54, 1.807) is 0 Å².